The van der Waals surface area contributed by atoms with E-state index in [0.717, 1.165) is 16.9 Å². The number of nitrogens with one attached hydrogen (secondary N) is 1. The van der Waals surface area contributed by atoms with Crippen LogP contribution in [0.2, 0.25) is 0 Å². The lowest BCUT2D eigenvalue weighted by molar-refractivity contribution is -0.117. The molecular weight excluding hydrogens is 228 g/mol. The van der Waals surface area contributed by atoms with Gasteiger partial charge in [-0.05, 0) is 44.3 Å². The number of rotatable bonds is 4. The molecule has 0 spiro atoms. The molecule has 0 radical (unpaired) electrons. The van der Waals surface area contributed by atoms with Crippen molar-refractivity contribution in [1.29, 1.82) is 0 Å². The fourth-order valence-corrected chi connectivity index (χ4v) is 1.65. The first-order chi connectivity index (χ1) is 8.49. The number of hydrogen-bond donors (Lipinski definition) is 1. The van der Waals surface area contributed by atoms with E-state index in [4.69, 9.17) is 4.74 Å². The third-order valence-corrected chi connectivity index (χ3v) is 2.60. The van der Waals surface area contributed by atoms with Crippen LogP contribution in [0.4, 0.5) is 0 Å². The lowest BCUT2D eigenvalue weighted by Crippen LogP contribution is -2.19. The minimum Gasteiger partial charge on any atom is -0.497 e. The second-order valence-corrected chi connectivity index (χ2v) is 3.98. The Kier molecular flexibility index (Phi) is 4.66. The molecule has 0 heterocycles. The van der Waals surface area contributed by atoms with Crippen molar-refractivity contribution in [2.45, 2.75) is 20.8 Å². The van der Waals surface area contributed by atoms with Crippen LogP contribution in [0.15, 0.2) is 28.9 Å². The number of nitrogens with zero attached hydrogens (tertiary/aromatic N) is 1. The zero-order valence-corrected chi connectivity index (χ0v) is 11.2. The van der Waals surface area contributed by atoms with Crippen LogP contribution in [-0.4, -0.2) is 19.7 Å². The van der Waals surface area contributed by atoms with Crippen molar-refractivity contribution in [3.05, 3.63) is 35.0 Å². The molecule has 96 valence electrons. The highest BCUT2D eigenvalue weighted by atomic mass is 16.5. The summed E-state index contributed by atoms with van der Waals surface area (Å²) in [7, 11) is 1.62. The minimum atomic E-state index is -0.136. The molecule has 4 heteroatoms. The Bertz CT molecular complexity index is 505. The van der Waals surface area contributed by atoms with Gasteiger partial charge >= 0.3 is 0 Å². The first-order valence-electron chi connectivity index (χ1n) is 5.59. The summed E-state index contributed by atoms with van der Waals surface area (Å²) in [5, 5.41) is 2.79. The van der Waals surface area contributed by atoms with Crippen LogP contribution < -0.4 is 10.1 Å². The predicted molar refractivity (Wildman–Crippen MR) is 73.7 cm³/mol. The lowest BCUT2D eigenvalue weighted by Gasteiger charge is -2.14. The van der Waals surface area contributed by atoms with Gasteiger partial charge in [0, 0.05) is 12.5 Å². The highest BCUT2D eigenvalue weighted by Gasteiger charge is 2.10. The van der Waals surface area contributed by atoms with E-state index in [-0.39, 0.29) is 5.91 Å². The summed E-state index contributed by atoms with van der Waals surface area (Å²) < 4.78 is 5.16. The molecule has 0 atom stereocenters. The fraction of sp³-hybridized carbons (Fsp3) is 0.286. The minimum absolute atomic E-state index is 0.136. The van der Waals surface area contributed by atoms with Crippen LogP contribution >= 0.6 is 0 Å². The summed E-state index contributed by atoms with van der Waals surface area (Å²) in [5.74, 6) is 0.644. The van der Waals surface area contributed by atoms with Gasteiger partial charge in [0.2, 0.25) is 5.91 Å². The quantitative estimate of drug-likeness (QED) is 0.830. The van der Waals surface area contributed by atoms with Crippen LogP contribution in [0.1, 0.15) is 25.0 Å². The number of hydrogen-bond acceptors (Lipinski definition) is 3. The molecule has 0 saturated heterocycles. The number of ether oxygens (including phenoxy) is 1. The Morgan fingerprint density at radius 2 is 2.06 bits per heavy atom. The molecule has 0 unspecified atom stereocenters. The van der Waals surface area contributed by atoms with Gasteiger partial charge in [-0.25, -0.2) is 0 Å². The van der Waals surface area contributed by atoms with E-state index < -0.39 is 0 Å². The van der Waals surface area contributed by atoms with Gasteiger partial charge in [0.1, 0.15) is 5.75 Å². The third kappa shape index (κ3) is 3.20. The molecule has 4 nitrogen and oxygen atoms in total. The van der Waals surface area contributed by atoms with Crippen molar-refractivity contribution in [1.82, 2.24) is 5.32 Å². The van der Waals surface area contributed by atoms with Gasteiger partial charge in [0.05, 0.1) is 18.5 Å². The van der Waals surface area contributed by atoms with Gasteiger partial charge in [-0.3, -0.25) is 9.79 Å². The summed E-state index contributed by atoms with van der Waals surface area (Å²) in [5.41, 5.74) is 3.27. The summed E-state index contributed by atoms with van der Waals surface area (Å²) >= 11 is 0. The van der Waals surface area contributed by atoms with Crippen LogP contribution in [0.3, 0.4) is 0 Å². The van der Waals surface area contributed by atoms with Crippen molar-refractivity contribution in [3.63, 3.8) is 0 Å². The SMILES string of the molecule is C=N/C(C)=C(\NC(C)=O)c1ccc(OC)cc1C. The van der Waals surface area contributed by atoms with E-state index in [1.807, 2.05) is 32.0 Å². The zero-order valence-electron chi connectivity index (χ0n) is 11.2. The standard InChI is InChI=1S/C14H18N2O2/c1-9-8-12(18-5)6-7-13(9)14(10(2)15-4)16-11(3)17/h6-8H,4H2,1-3,5H3,(H,16,17)/b14-10-. The Labute approximate surface area is 107 Å². The second-order valence-electron chi connectivity index (χ2n) is 3.98. The van der Waals surface area contributed by atoms with Crippen LogP contribution in [0.5, 0.6) is 5.75 Å². The van der Waals surface area contributed by atoms with Crippen molar-refractivity contribution in [2.75, 3.05) is 7.11 Å². The molecule has 0 aliphatic rings. The highest BCUT2D eigenvalue weighted by molar-refractivity contribution is 5.86. The first kappa shape index (κ1) is 14.0. The van der Waals surface area contributed by atoms with Gasteiger partial charge in [0.25, 0.3) is 0 Å². The second kappa shape index (κ2) is 6.00. The Balaban J connectivity index is 3.30. The molecule has 1 amide bonds. The molecule has 1 N–H and O–H groups in total. The van der Waals surface area contributed by atoms with E-state index in [0.29, 0.717) is 11.4 Å². The maximum atomic E-state index is 11.3. The highest BCUT2D eigenvalue weighted by Crippen LogP contribution is 2.24. The van der Waals surface area contributed by atoms with Crippen molar-refractivity contribution in [3.8, 4) is 5.75 Å². The normalized spacial score (nSPS) is 11.6. The Morgan fingerprint density at radius 1 is 1.39 bits per heavy atom. The van der Waals surface area contributed by atoms with Gasteiger partial charge in [-0.15, -0.1) is 0 Å². The van der Waals surface area contributed by atoms with Crippen LogP contribution in [-0.2, 0) is 4.79 Å². The molecule has 0 aliphatic carbocycles. The third-order valence-electron chi connectivity index (χ3n) is 2.60. The average molecular weight is 246 g/mol. The van der Waals surface area contributed by atoms with E-state index in [1.165, 1.54) is 6.92 Å². The largest absolute Gasteiger partial charge is 0.497 e. The molecule has 0 fully saturated rings. The molecule has 0 aromatic heterocycles. The molecule has 18 heavy (non-hydrogen) atoms. The topological polar surface area (TPSA) is 50.7 Å². The van der Waals surface area contributed by atoms with Gasteiger partial charge in [-0.1, -0.05) is 0 Å². The van der Waals surface area contributed by atoms with Crippen molar-refractivity contribution < 1.29 is 9.53 Å². The smallest absolute Gasteiger partial charge is 0.221 e. The van der Waals surface area contributed by atoms with Gasteiger partial charge in [0.15, 0.2) is 0 Å². The Morgan fingerprint density at radius 3 is 2.50 bits per heavy atom. The lowest BCUT2D eigenvalue weighted by atomic mass is 10.0. The number of aryl methyl sites for hydroxylation is 1. The molecule has 0 aliphatic heterocycles. The molecule has 1 aromatic carbocycles. The molecular formula is C14H18N2O2. The number of benzene rings is 1. The van der Waals surface area contributed by atoms with E-state index in [9.17, 15) is 4.79 Å². The van der Waals surface area contributed by atoms with E-state index in [2.05, 4.69) is 17.0 Å². The fourth-order valence-electron chi connectivity index (χ4n) is 1.65. The number of aliphatic imine (C=N–C) groups is 1. The number of carbonyl (C=O) groups excluding carboxylic acids is 1. The first-order valence-corrected chi connectivity index (χ1v) is 5.59. The number of methoxy groups -OCH3 is 1. The summed E-state index contributed by atoms with van der Waals surface area (Å²) in [6, 6.07) is 5.65. The Hall–Kier alpha value is -2.10. The summed E-state index contributed by atoms with van der Waals surface area (Å²) in [4.78, 5) is 15.1. The van der Waals surface area contributed by atoms with Gasteiger partial charge < -0.3 is 10.1 Å². The number of amides is 1. The molecule has 0 bridgehead atoms. The van der Waals surface area contributed by atoms with Crippen LogP contribution in [0.25, 0.3) is 5.70 Å². The van der Waals surface area contributed by atoms with Gasteiger partial charge in [-0.2, -0.15) is 0 Å². The molecule has 1 aromatic rings. The number of carbonyl (C=O) groups is 1. The number of allylic oxidation sites excluding steroid dienone is 1. The average Bonchev–Trinajstić information content (AvgIpc) is 2.35. The molecule has 1 rings (SSSR count). The maximum Gasteiger partial charge on any atom is 0.221 e. The summed E-state index contributed by atoms with van der Waals surface area (Å²) in [6.45, 7) is 8.72. The monoisotopic (exact) mass is 246 g/mol. The maximum absolute atomic E-state index is 11.3. The predicted octanol–water partition coefficient (Wildman–Crippen LogP) is 2.53. The van der Waals surface area contributed by atoms with Crippen LogP contribution in [0, 0.1) is 6.92 Å². The van der Waals surface area contributed by atoms with E-state index >= 15 is 0 Å². The summed E-state index contributed by atoms with van der Waals surface area (Å²) in [6.07, 6.45) is 0. The van der Waals surface area contributed by atoms with Crippen molar-refractivity contribution in [2.24, 2.45) is 4.99 Å². The van der Waals surface area contributed by atoms with Crippen molar-refractivity contribution >= 4 is 18.3 Å². The zero-order chi connectivity index (χ0) is 13.7. The molecule has 0 saturated carbocycles. The van der Waals surface area contributed by atoms with E-state index in [1.54, 1.807) is 7.11 Å².